The van der Waals surface area contributed by atoms with Crippen LogP contribution in [0.15, 0.2) is 6.33 Å². The molecule has 2 heterocycles. The third-order valence-corrected chi connectivity index (χ3v) is 2.86. The first-order chi connectivity index (χ1) is 9.93. The van der Waals surface area contributed by atoms with Crippen LogP contribution in [0.25, 0.3) is 0 Å². The SMILES string of the molecule is NC(=O)c1ncn(C2OC(COC(=O)CO)[C@@H](O)[C@H]2O)n1. The molecule has 5 N–H and O–H groups in total. The Labute approximate surface area is 117 Å². The van der Waals surface area contributed by atoms with Gasteiger partial charge in [-0.1, -0.05) is 0 Å². The van der Waals surface area contributed by atoms with Crippen molar-refractivity contribution >= 4 is 11.9 Å². The van der Waals surface area contributed by atoms with Crippen LogP contribution in [0.2, 0.25) is 0 Å². The second kappa shape index (κ2) is 6.13. The summed E-state index contributed by atoms with van der Waals surface area (Å²) in [7, 11) is 0. The summed E-state index contributed by atoms with van der Waals surface area (Å²) < 4.78 is 11.0. The molecule has 116 valence electrons. The molecule has 1 aromatic rings. The van der Waals surface area contributed by atoms with Crippen LogP contribution in [0.3, 0.4) is 0 Å². The Morgan fingerprint density at radius 2 is 2.14 bits per heavy atom. The average molecular weight is 302 g/mol. The fraction of sp³-hybridized carbons (Fsp3) is 0.600. The van der Waals surface area contributed by atoms with E-state index in [1.54, 1.807) is 0 Å². The van der Waals surface area contributed by atoms with E-state index in [1.807, 2.05) is 0 Å². The molecule has 2 rings (SSSR count). The van der Waals surface area contributed by atoms with Crippen LogP contribution in [0, 0.1) is 0 Å². The smallest absolute Gasteiger partial charge is 0.331 e. The molecule has 1 aliphatic rings. The molecule has 0 saturated carbocycles. The summed E-state index contributed by atoms with van der Waals surface area (Å²) in [5, 5.41) is 31.9. The molecule has 0 aliphatic carbocycles. The highest BCUT2D eigenvalue weighted by atomic mass is 16.6. The van der Waals surface area contributed by atoms with Gasteiger partial charge >= 0.3 is 5.97 Å². The van der Waals surface area contributed by atoms with Gasteiger partial charge in [0.2, 0.25) is 5.82 Å². The first-order valence-electron chi connectivity index (χ1n) is 5.93. The maximum Gasteiger partial charge on any atom is 0.331 e. The third-order valence-electron chi connectivity index (χ3n) is 2.86. The highest BCUT2D eigenvalue weighted by Crippen LogP contribution is 2.28. The summed E-state index contributed by atoms with van der Waals surface area (Å²) in [6.07, 6.45) is -3.73. The van der Waals surface area contributed by atoms with Crippen LogP contribution < -0.4 is 5.73 Å². The second-order valence-electron chi connectivity index (χ2n) is 4.30. The van der Waals surface area contributed by atoms with Gasteiger partial charge in [0.15, 0.2) is 6.23 Å². The van der Waals surface area contributed by atoms with Crippen LogP contribution >= 0.6 is 0 Å². The number of hydrogen-bond donors (Lipinski definition) is 4. The molecular weight excluding hydrogens is 288 g/mol. The quantitative estimate of drug-likeness (QED) is 0.403. The van der Waals surface area contributed by atoms with Gasteiger partial charge in [0.05, 0.1) is 0 Å². The van der Waals surface area contributed by atoms with Crippen molar-refractivity contribution < 1.29 is 34.4 Å². The minimum Gasteiger partial charge on any atom is -0.461 e. The topological polar surface area (TPSA) is 170 Å². The van der Waals surface area contributed by atoms with E-state index in [2.05, 4.69) is 14.8 Å². The van der Waals surface area contributed by atoms with Gasteiger partial charge in [0.25, 0.3) is 5.91 Å². The molecule has 1 fully saturated rings. The van der Waals surface area contributed by atoms with Crippen LogP contribution in [0.4, 0.5) is 0 Å². The number of aliphatic hydroxyl groups is 3. The molecule has 11 heteroatoms. The molecule has 1 amide bonds. The Kier molecular flexibility index (Phi) is 4.47. The van der Waals surface area contributed by atoms with E-state index >= 15 is 0 Å². The van der Waals surface area contributed by atoms with Crippen molar-refractivity contribution in [2.75, 3.05) is 13.2 Å². The minimum atomic E-state index is -1.37. The Hall–Kier alpha value is -2.08. The lowest BCUT2D eigenvalue weighted by Gasteiger charge is -2.14. The number of ether oxygens (including phenoxy) is 2. The highest BCUT2D eigenvalue weighted by Gasteiger charge is 2.44. The monoisotopic (exact) mass is 302 g/mol. The predicted molar refractivity (Wildman–Crippen MR) is 62.5 cm³/mol. The Bertz CT molecular complexity index is 533. The number of rotatable bonds is 5. The van der Waals surface area contributed by atoms with Crippen LogP contribution in [-0.2, 0) is 14.3 Å². The number of esters is 1. The van der Waals surface area contributed by atoms with Crippen molar-refractivity contribution in [1.82, 2.24) is 14.8 Å². The van der Waals surface area contributed by atoms with Crippen molar-refractivity contribution in [3.8, 4) is 0 Å². The zero-order chi connectivity index (χ0) is 15.6. The molecule has 0 bridgehead atoms. The molecule has 11 nitrogen and oxygen atoms in total. The zero-order valence-corrected chi connectivity index (χ0v) is 10.7. The first-order valence-corrected chi connectivity index (χ1v) is 5.93. The van der Waals surface area contributed by atoms with Gasteiger partial charge < -0.3 is 30.5 Å². The molecule has 0 radical (unpaired) electrons. The number of carbonyl (C=O) groups is 2. The van der Waals surface area contributed by atoms with Gasteiger partial charge in [0, 0.05) is 0 Å². The fourth-order valence-corrected chi connectivity index (χ4v) is 1.82. The molecule has 1 aromatic heterocycles. The average Bonchev–Trinajstić information content (AvgIpc) is 3.04. The van der Waals surface area contributed by atoms with E-state index in [4.69, 9.17) is 15.6 Å². The largest absolute Gasteiger partial charge is 0.461 e. The van der Waals surface area contributed by atoms with Gasteiger partial charge in [-0.3, -0.25) is 4.79 Å². The Balaban J connectivity index is 2.04. The van der Waals surface area contributed by atoms with E-state index in [1.165, 1.54) is 0 Å². The molecule has 0 aromatic carbocycles. The summed E-state index contributed by atoms with van der Waals surface area (Å²) in [6.45, 7) is -1.16. The summed E-state index contributed by atoms with van der Waals surface area (Å²) in [6, 6.07) is 0. The Morgan fingerprint density at radius 3 is 2.71 bits per heavy atom. The lowest BCUT2D eigenvalue weighted by Crippen LogP contribution is -2.34. The lowest BCUT2D eigenvalue weighted by molar-refractivity contribution is -0.153. The van der Waals surface area contributed by atoms with Crippen molar-refractivity contribution in [2.45, 2.75) is 24.5 Å². The third kappa shape index (κ3) is 3.16. The van der Waals surface area contributed by atoms with Crippen LogP contribution in [0.5, 0.6) is 0 Å². The standard InChI is InChI=1S/C10H14N4O7/c11-8(19)9-12-3-14(13-9)10-7(18)6(17)4(21-10)2-20-5(16)1-15/h3-4,6-7,10,15,17-18H,1-2H2,(H2,11,19)/t4?,6-,7-,10?/m1/s1. The molecule has 1 saturated heterocycles. The van der Waals surface area contributed by atoms with Crippen molar-refractivity contribution in [3.05, 3.63) is 12.2 Å². The molecule has 4 atom stereocenters. The van der Waals surface area contributed by atoms with Gasteiger partial charge in [-0.2, -0.15) is 0 Å². The van der Waals surface area contributed by atoms with Crippen LogP contribution in [0.1, 0.15) is 16.8 Å². The molecule has 2 unspecified atom stereocenters. The minimum absolute atomic E-state index is 0.268. The van der Waals surface area contributed by atoms with E-state index in [-0.39, 0.29) is 12.4 Å². The van der Waals surface area contributed by atoms with Crippen LogP contribution in [-0.4, -0.2) is 73.5 Å². The molecule has 0 spiro atoms. The summed E-state index contributed by atoms with van der Waals surface area (Å²) >= 11 is 0. The van der Waals surface area contributed by atoms with Gasteiger partial charge in [-0.05, 0) is 0 Å². The van der Waals surface area contributed by atoms with E-state index < -0.39 is 43.0 Å². The van der Waals surface area contributed by atoms with Crippen molar-refractivity contribution in [1.29, 1.82) is 0 Å². The zero-order valence-electron chi connectivity index (χ0n) is 10.7. The number of aliphatic hydroxyl groups excluding tert-OH is 3. The highest BCUT2D eigenvalue weighted by molar-refractivity contribution is 5.88. The summed E-state index contributed by atoms with van der Waals surface area (Å²) in [5.74, 6) is -2.01. The predicted octanol–water partition coefficient (Wildman–Crippen LogP) is -3.47. The summed E-state index contributed by atoms with van der Waals surface area (Å²) in [5.41, 5.74) is 5.00. The molecule has 1 aliphatic heterocycles. The fourth-order valence-electron chi connectivity index (χ4n) is 1.82. The van der Waals surface area contributed by atoms with Crippen molar-refractivity contribution in [2.24, 2.45) is 5.73 Å². The van der Waals surface area contributed by atoms with Gasteiger partial charge in [0.1, 0.15) is 37.9 Å². The molecular formula is C10H14N4O7. The number of nitrogens with zero attached hydrogens (tertiary/aromatic N) is 3. The van der Waals surface area contributed by atoms with Gasteiger partial charge in [-0.25, -0.2) is 14.5 Å². The number of primary amides is 1. The van der Waals surface area contributed by atoms with E-state index in [0.717, 1.165) is 11.0 Å². The number of aromatic nitrogens is 3. The maximum atomic E-state index is 10.9. The van der Waals surface area contributed by atoms with Gasteiger partial charge in [-0.15, -0.1) is 5.10 Å². The van der Waals surface area contributed by atoms with E-state index in [0.29, 0.717) is 0 Å². The molecule has 21 heavy (non-hydrogen) atoms. The lowest BCUT2D eigenvalue weighted by atomic mass is 10.1. The Morgan fingerprint density at radius 1 is 1.43 bits per heavy atom. The van der Waals surface area contributed by atoms with E-state index in [9.17, 15) is 19.8 Å². The number of carbonyl (C=O) groups excluding carboxylic acids is 2. The number of nitrogens with two attached hydrogens (primary N) is 1. The van der Waals surface area contributed by atoms with Crippen molar-refractivity contribution in [3.63, 3.8) is 0 Å². The normalized spacial score (nSPS) is 28.5. The first kappa shape index (κ1) is 15.3. The number of amides is 1. The number of hydrogen-bond acceptors (Lipinski definition) is 9. The second-order valence-corrected chi connectivity index (χ2v) is 4.30. The maximum absolute atomic E-state index is 10.9. The summed E-state index contributed by atoms with van der Waals surface area (Å²) in [4.78, 5) is 25.4.